The quantitative estimate of drug-likeness (QED) is 0.800. The van der Waals surface area contributed by atoms with E-state index in [0.717, 1.165) is 18.2 Å². The molecule has 1 aromatic carbocycles. The standard InChI is InChI=1S/C13H13F3N2O3/c14-13(15,16)8-2-1-3-9(6-8)17-12(21)18-10(11(19)20)7-4-5-7/h1-3,6-7,10H,4-5H2,(H,19,20)(H2,17,18,21). The number of rotatable bonds is 4. The number of urea groups is 1. The zero-order chi connectivity index (χ0) is 15.6. The van der Waals surface area contributed by atoms with Gasteiger partial charge in [0.2, 0.25) is 0 Å². The van der Waals surface area contributed by atoms with Gasteiger partial charge in [0.15, 0.2) is 0 Å². The highest BCUT2D eigenvalue weighted by molar-refractivity contribution is 5.92. The topological polar surface area (TPSA) is 78.4 Å². The van der Waals surface area contributed by atoms with Gasteiger partial charge in [-0.15, -0.1) is 0 Å². The number of hydrogen-bond acceptors (Lipinski definition) is 2. The summed E-state index contributed by atoms with van der Waals surface area (Å²) in [5.74, 6) is -1.27. The van der Waals surface area contributed by atoms with Crippen molar-refractivity contribution in [1.29, 1.82) is 0 Å². The maximum absolute atomic E-state index is 12.5. The Morgan fingerprint density at radius 3 is 2.48 bits per heavy atom. The molecule has 0 bridgehead atoms. The van der Waals surface area contributed by atoms with E-state index in [9.17, 15) is 22.8 Å². The normalized spacial score (nSPS) is 16.1. The molecule has 1 aliphatic carbocycles. The third-order valence-electron chi connectivity index (χ3n) is 3.09. The summed E-state index contributed by atoms with van der Waals surface area (Å²) in [5, 5.41) is 13.4. The van der Waals surface area contributed by atoms with Gasteiger partial charge >= 0.3 is 18.2 Å². The van der Waals surface area contributed by atoms with Crippen LogP contribution in [0.25, 0.3) is 0 Å². The maximum Gasteiger partial charge on any atom is 0.416 e. The Hall–Kier alpha value is -2.25. The molecule has 3 N–H and O–H groups in total. The lowest BCUT2D eigenvalue weighted by atomic mass is 10.2. The fourth-order valence-corrected chi connectivity index (χ4v) is 1.89. The van der Waals surface area contributed by atoms with Gasteiger partial charge in [-0.2, -0.15) is 13.2 Å². The molecule has 0 saturated heterocycles. The molecule has 8 heteroatoms. The number of carbonyl (C=O) groups is 2. The van der Waals surface area contributed by atoms with E-state index in [1.54, 1.807) is 0 Å². The molecule has 0 aliphatic heterocycles. The van der Waals surface area contributed by atoms with Crippen LogP contribution in [0.15, 0.2) is 24.3 Å². The summed E-state index contributed by atoms with van der Waals surface area (Å²) in [6.45, 7) is 0. The first-order valence-corrected chi connectivity index (χ1v) is 6.25. The Morgan fingerprint density at radius 1 is 1.29 bits per heavy atom. The highest BCUT2D eigenvalue weighted by Crippen LogP contribution is 2.33. The molecule has 1 aliphatic rings. The molecular weight excluding hydrogens is 289 g/mol. The smallest absolute Gasteiger partial charge is 0.416 e. The van der Waals surface area contributed by atoms with Crippen LogP contribution in [0.3, 0.4) is 0 Å². The Morgan fingerprint density at radius 2 is 1.95 bits per heavy atom. The number of alkyl halides is 3. The van der Waals surface area contributed by atoms with Crippen molar-refractivity contribution in [3.63, 3.8) is 0 Å². The van der Waals surface area contributed by atoms with Crippen molar-refractivity contribution in [3.8, 4) is 0 Å². The van der Waals surface area contributed by atoms with Crippen LogP contribution in [0.2, 0.25) is 0 Å². The van der Waals surface area contributed by atoms with Gasteiger partial charge in [0, 0.05) is 5.69 Å². The van der Waals surface area contributed by atoms with Crippen molar-refractivity contribution >= 4 is 17.7 Å². The van der Waals surface area contributed by atoms with Gasteiger partial charge in [-0.1, -0.05) is 6.07 Å². The number of carboxylic acid groups (broad SMARTS) is 1. The second-order valence-electron chi connectivity index (χ2n) is 4.83. The molecule has 0 heterocycles. The first kappa shape index (κ1) is 15.1. The minimum Gasteiger partial charge on any atom is -0.480 e. The summed E-state index contributed by atoms with van der Waals surface area (Å²) >= 11 is 0. The molecule has 1 unspecified atom stereocenters. The number of aliphatic carboxylic acids is 1. The lowest BCUT2D eigenvalue weighted by molar-refractivity contribution is -0.140. The fourth-order valence-electron chi connectivity index (χ4n) is 1.89. The molecular formula is C13H13F3N2O3. The lowest BCUT2D eigenvalue weighted by Gasteiger charge is -2.15. The minimum absolute atomic E-state index is 0.0535. The Kier molecular flexibility index (Phi) is 4.06. The first-order valence-electron chi connectivity index (χ1n) is 6.25. The van der Waals surface area contributed by atoms with Crippen LogP contribution in [0, 0.1) is 5.92 Å². The fraction of sp³-hybridized carbons (Fsp3) is 0.385. The number of hydrogen-bond donors (Lipinski definition) is 3. The van der Waals surface area contributed by atoms with E-state index in [2.05, 4.69) is 10.6 Å². The SMILES string of the molecule is O=C(Nc1cccc(C(F)(F)F)c1)NC(C(=O)O)C1CC1. The Labute approximate surface area is 118 Å². The van der Waals surface area contributed by atoms with Crippen LogP contribution in [0.4, 0.5) is 23.7 Å². The van der Waals surface area contributed by atoms with Crippen LogP contribution >= 0.6 is 0 Å². The van der Waals surface area contributed by atoms with Crippen molar-refractivity contribution in [2.75, 3.05) is 5.32 Å². The molecule has 2 rings (SSSR count). The summed E-state index contributed by atoms with van der Waals surface area (Å²) in [6.07, 6.45) is -3.09. The molecule has 21 heavy (non-hydrogen) atoms. The van der Waals surface area contributed by atoms with Gasteiger partial charge in [0.1, 0.15) is 6.04 Å². The van der Waals surface area contributed by atoms with Gasteiger partial charge in [-0.05, 0) is 37.0 Å². The molecule has 1 fully saturated rings. The van der Waals surface area contributed by atoms with E-state index in [4.69, 9.17) is 5.11 Å². The molecule has 1 atom stereocenters. The van der Waals surface area contributed by atoms with E-state index in [1.165, 1.54) is 6.07 Å². The van der Waals surface area contributed by atoms with E-state index in [-0.39, 0.29) is 11.6 Å². The number of carbonyl (C=O) groups excluding carboxylic acids is 1. The zero-order valence-corrected chi connectivity index (χ0v) is 10.8. The molecule has 0 radical (unpaired) electrons. The third kappa shape index (κ3) is 4.11. The van der Waals surface area contributed by atoms with E-state index in [0.29, 0.717) is 12.8 Å². The van der Waals surface area contributed by atoms with Gasteiger partial charge in [-0.25, -0.2) is 9.59 Å². The van der Waals surface area contributed by atoms with Crippen molar-refractivity contribution in [2.45, 2.75) is 25.1 Å². The number of nitrogens with one attached hydrogen (secondary N) is 2. The molecule has 1 saturated carbocycles. The van der Waals surface area contributed by atoms with Crippen molar-refractivity contribution in [1.82, 2.24) is 5.32 Å². The van der Waals surface area contributed by atoms with Gasteiger partial charge < -0.3 is 15.7 Å². The second-order valence-corrected chi connectivity index (χ2v) is 4.83. The molecule has 0 aromatic heterocycles. The summed E-state index contributed by atoms with van der Waals surface area (Å²) < 4.78 is 37.6. The minimum atomic E-state index is -4.51. The number of amides is 2. The maximum atomic E-state index is 12.5. The lowest BCUT2D eigenvalue weighted by Crippen LogP contribution is -2.44. The number of carboxylic acids is 1. The number of halogens is 3. The van der Waals surface area contributed by atoms with Crippen LogP contribution in [0.5, 0.6) is 0 Å². The molecule has 2 amide bonds. The molecule has 1 aromatic rings. The average Bonchev–Trinajstić information content (AvgIpc) is 3.19. The van der Waals surface area contributed by atoms with Crippen molar-refractivity contribution < 1.29 is 27.9 Å². The van der Waals surface area contributed by atoms with E-state index < -0.39 is 29.8 Å². The van der Waals surface area contributed by atoms with Crippen molar-refractivity contribution in [2.24, 2.45) is 5.92 Å². The summed E-state index contributed by atoms with van der Waals surface area (Å²) in [7, 11) is 0. The van der Waals surface area contributed by atoms with Crippen LogP contribution in [0.1, 0.15) is 18.4 Å². The first-order chi connectivity index (χ1) is 9.77. The van der Waals surface area contributed by atoms with Gasteiger partial charge in [0.25, 0.3) is 0 Å². The largest absolute Gasteiger partial charge is 0.480 e. The molecule has 0 spiro atoms. The van der Waals surface area contributed by atoms with Crippen LogP contribution < -0.4 is 10.6 Å². The van der Waals surface area contributed by atoms with Crippen LogP contribution in [-0.2, 0) is 11.0 Å². The Balaban J connectivity index is 2.01. The number of anilines is 1. The predicted molar refractivity (Wildman–Crippen MR) is 67.7 cm³/mol. The Bertz CT molecular complexity index is 556. The monoisotopic (exact) mass is 302 g/mol. The summed E-state index contributed by atoms with van der Waals surface area (Å²) in [4.78, 5) is 22.6. The highest BCUT2D eigenvalue weighted by atomic mass is 19.4. The van der Waals surface area contributed by atoms with Crippen molar-refractivity contribution in [3.05, 3.63) is 29.8 Å². The van der Waals surface area contributed by atoms with E-state index >= 15 is 0 Å². The van der Waals surface area contributed by atoms with Crippen LogP contribution in [-0.4, -0.2) is 23.1 Å². The number of benzene rings is 1. The summed E-state index contributed by atoms with van der Waals surface area (Å²) in [6, 6.07) is 2.26. The zero-order valence-electron chi connectivity index (χ0n) is 10.8. The second kappa shape index (κ2) is 5.63. The van der Waals surface area contributed by atoms with E-state index in [1.807, 2.05) is 0 Å². The third-order valence-corrected chi connectivity index (χ3v) is 3.09. The predicted octanol–water partition coefficient (Wildman–Crippen LogP) is 2.69. The summed E-state index contributed by atoms with van der Waals surface area (Å²) in [5.41, 5.74) is -0.945. The average molecular weight is 302 g/mol. The molecule has 114 valence electrons. The highest BCUT2D eigenvalue weighted by Gasteiger charge is 2.37. The van der Waals surface area contributed by atoms with Gasteiger partial charge in [0.05, 0.1) is 5.56 Å². The molecule has 5 nitrogen and oxygen atoms in total. The van der Waals surface area contributed by atoms with Gasteiger partial charge in [-0.3, -0.25) is 0 Å².